The molecule has 3 rings (SSSR count). The molecule has 0 saturated carbocycles. The highest BCUT2D eigenvalue weighted by atomic mass is 32.2. The zero-order valence-corrected chi connectivity index (χ0v) is 19.4. The van der Waals surface area contributed by atoms with Gasteiger partial charge in [-0.1, -0.05) is 24.3 Å². The van der Waals surface area contributed by atoms with Gasteiger partial charge in [-0.15, -0.1) is 0 Å². The van der Waals surface area contributed by atoms with E-state index in [0.29, 0.717) is 5.56 Å². The first-order valence-corrected chi connectivity index (χ1v) is 11.4. The molecule has 0 bridgehead atoms. The number of sulfonamides is 1. The molecule has 0 aliphatic heterocycles. The molecule has 0 aliphatic rings. The normalized spacial score (nSPS) is 10.8. The van der Waals surface area contributed by atoms with Crippen molar-refractivity contribution < 1.29 is 32.3 Å². The fraction of sp³-hybridized carbons (Fsp3) is 0.125. The van der Waals surface area contributed by atoms with E-state index in [2.05, 4.69) is 10.0 Å². The van der Waals surface area contributed by atoms with Crippen LogP contribution in [0.15, 0.2) is 71.6 Å². The van der Waals surface area contributed by atoms with Crippen LogP contribution in [0.1, 0.15) is 36.6 Å². The summed E-state index contributed by atoms with van der Waals surface area (Å²) in [5.74, 6) is -1.97. The molecule has 9 nitrogen and oxygen atoms in total. The van der Waals surface area contributed by atoms with Crippen LogP contribution in [0, 0.1) is 6.92 Å². The predicted molar refractivity (Wildman–Crippen MR) is 126 cm³/mol. The summed E-state index contributed by atoms with van der Waals surface area (Å²) in [6, 6.07) is 16.4. The Morgan fingerprint density at radius 3 is 1.94 bits per heavy atom. The van der Waals surface area contributed by atoms with Gasteiger partial charge in [0.15, 0.2) is 0 Å². The smallest absolute Gasteiger partial charge is 0.337 e. The summed E-state index contributed by atoms with van der Waals surface area (Å²) >= 11 is 0. The largest absolute Gasteiger partial charge is 0.465 e. The number of amides is 1. The molecule has 0 unspecified atom stereocenters. The van der Waals surface area contributed by atoms with Crippen LogP contribution in [0.2, 0.25) is 0 Å². The number of carbonyl (C=O) groups excluding carboxylic acids is 3. The van der Waals surface area contributed by atoms with Gasteiger partial charge in [0.1, 0.15) is 0 Å². The number of carbonyl (C=O) groups is 3. The Labute approximate surface area is 196 Å². The molecular weight excluding hydrogens is 460 g/mol. The molecule has 3 aromatic rings. The van der Waals surface area contributed by atoms with E-state index in [1.54, 1.807) is 31.2 Å². The van der Waals surface area contributed by atoms with Gasteiger partial charge in [0, 0.05) is 11.3 Å². The van der Waals surface area contributed by atoms with E-state index < -0.39 is 27.9 Å². The minimum atomic E-state index is -3.86. The minimum absolute atomic E-state index is 0.0433. The van der Waals surface area contributed by atoms with E-state index in [-0.39, 0.29) is 33.0 Å². The summed E-state index contributed by atoms with van der Waals surface area (Å²) in [4.78, 5) is 37.0. The highest BCUT2D eigenvalue weighted by Crippen LogP contribution is 2.24. The molecule has 0 saturated heterocycles. The Hall–Kier alpha value is -4.18. The van der Waals surface area contributed by atoms with Crippen LogP contribution in [0.5, 0.6) is 0 Å². The highest BCUT2D eigenvalue weighted by molar-refractivity contribution is 7.92. The number of hydrogen-bond donors (Lipinski definition) is 2. The van der Waals surface area contributed by atoms with Crippen molar-refractivity contribution in [2.75, 3.05) is 24.3 Å². The maximum atomic E-state index is 13.0. The van der Waals surface area contributed by atoms with E-state index in [0.717, 1.165) is 0 Å². The van der Waals surface area contributed by atoms with Crippen LogP contribution in [0.25, 0.3) is 0 Å². The lowest BCUT2D eigenvalue weighted by Gasteiger charge is -2.14. The molecule has 34 heavy (non-hydrogen) atoms. The Morgan fingerprint density at radius 1 is 0.794 bits per heavy atom. The Balaban J connectivity index is 1.92. The van der Waals surface area contributed by atoms with Gasteiger partial charge < -0.3 is 14.8 Å². The summed E-state index contributed by atoms with van der Waals surface area (Å²) in [6.45, 7) is 1.60. The number of methoxy groups -OCH3 is 2. The molecule has 3 aromatic carbocycles. The summed E-state index contributed by atoms with van der Waals surface area (Å²) in [5.41, 5.74) is 1.05. The molecule has 1 amide bonds. The van der Waals surface area contributed by atoms with E-state index in [9.17, 15) is 22.8 Å². The lowest BCUT2D eigenvalue weighted by molar-refractivity contribution is 0.0598. The maximum Gasteiger partial charge on any atom is 0.337 e. The maximum absolute atomic E-state index is 13.0. The van der Waals surface area contributed by atoms with Crippen LogP contribution in [-0.2, 0) is 19.5 Å². The molecule has 176 valence electrons. The van der Waals surface area contributed by atoms with Crippen LogP contribution >= 0.6 is 0 Å². The monoisotopic (exact) mass is 482 g/mol. The molecule has 0 heterocycles. The lowest BCUT2D eigenvalue weighted by Crippen LogP contribution is -2.18. The zero-order chi connectivity index (χ0) is 24.9. The second-order valence-electron chi connectivity index (χ2n) is 7.13. The van der Waals surface area contributed by atoms with Crippen LogP contribution < -0.4 is 10.0 Å². The Bertz CT molecular complexity index is 1320. The topological polar surface area (TPSA) is 128 Å². The van der Waals surface area contributed by atoms with Crippen molar-refractivity contribution in [2.45, 2.75) is 11.8 Å². The number of rotatable bonds is 7. The van der Waals surface area contributed by atoms with E-state index in [4.69, 9.17) is 9.47 Å². The van der Waals surface area contributed by atoms with Crippen LogP contribution in [0.4, 0.5) is 11.4 Å². The van der Waals surface area contributed by atoms with Gasteiger partial charge in [0.05, 0.1) is 35.9 Å². The van der Waals surface area contributed by atoms with Gasteiger partial charge in [-0.25, -0.2) is 18.0 Å². The molecule has 0 atom stereocenters. The van der Waals surface area contributed by atoms with E-state index in [1.165, 1.54) is 56.7 Å². The molecule has 0 aromatic heterocycles. The lowest BCUT2D eigenvalue weighted by atomic mass is 10.1. The van der Waals surface area contributed by atoms with E-state index >= 15 is 0 Å². The van der Waals surface area contributed by atoms with Crippen molar-refractivity contribution in [1.29, 1.82) is 0 Å². The summed E-state index contributed by atoms with van der Waals surface area (Å²) < 4.78 is 37.3. The van der Waals surface area contributed by atoms with Gasteiger partial charge >= 0.3 is 11.9 Å². The number of nitrogens with one attached hydrogen (secondary N) is 2. The summed E-state index contributed by atoms with van der Waals surface area (Å²) in [6.07, 6.45) is 0. The van der Waals surface area contributed by atoms with Crippen molar-refractivity contribution >= 4 is 39.2 Å². The minimum Gasteiger partial charge on any atom is -0.465 e. The fourth-order valence-corrected chi connectivity index (χ4v) is 4.31. The summed E-state index contributed by atoms with van der Waals surface area (Å²) in [7, 11) is -1.48. The van der Waals surface area contributed by atoms with Crippen molar-refractivity contribution in [3.63, 3.8) is 0 Å². The first-order valence-electron chi connectivity index (χ1n) is 9.97. The average molecular weight is 483 g/mol. The highest BCUT2D eigenvalue weighted by Gasteiger charge is 2.19. The van der Waals surface area contributed by atoms with Crippen LogP contribution in [-0.4, -0.2) is 40.5 Å². The molecular formula is C24H22N2O7S. The average Bonchev–Trinajstić information content (AvgIpc) is 2.84. The Morgan fingerprint density at radius 2 is 1.38 bits per heavy atom. The number of esters is 2. The third-order valence-electron chi connectivity index (χ3n) is 4.91. The third kappa shape index (κ3) is 5.41. The Kier molecular flexibility index (Phi) is 7.32. The van der Waals surface area contributed by atoms with Crippen molar-refractivity contribution in [2.24, 2.45) is 0 Å². The van der Waals surface area contributed by atoms with Crippen LogP contribution in [0.3, 0.4) is 0 Å². The van der Waals surface area contributed by atoms with E-state index in [1.807, 2.05) is 0 Å². The first-order chi connectivity index (χ1) is 16.2. The molecule has 2 N–H and O–H groups in total. The van der Waals surface area contributed by atoms with Crippen molar-refractivity contribution in [3.05, 3.63) is 89.0 Å². The van der Waals surface area contributed by atoms with Crippen molar-refractivity contribution in [3.8, 4) is 0 Å². The standard InChI is InChI=1S/C24H22N2O7S/c1-15-20(10-7-11-21(15)26-34(30,31)19-8-5-4-6-9-19)22(27)25-18-13-16(23(28)32-2)12-17(14-18)24(29)33-3/h4-14,26H,1-3H3,(H,25,27). The fourth-order valence-electron chi connectivity index (χ4n) is 3.17. The van der Waals surface area contributed by atoms with Gasteiger partial charge in [0.25, 0.3) is 15.9 Å². The van der Waals surface area contributed by atoms with Gasteiger partial charge in [-0.2, -0.15) is 0 Å². The molecule has 0 radical (unpaired) electrons. The number of ether oxygens (including phenoxy) is 2. The third-order valence-corrected chi connectivity index (χ3v) is 6.29. The van der Waals surface area contributed by atoms with Gasteiger partial charge in [0.2, 0.25) is 0 Å². The zero-order valence-electron chi connectivity index (χ0n) is 18.6. The molecule has 10 heteroatoms. The first kappa shape index (κ1) is 24.5. The number of anilines is 2. The number of benzene rings is 3. The predicted octanol–water partition coefficient (Wildman–Crippen LogP) is 3.62. The van der Waals surface area contributed by atoms with Gasteiger partial charge in [-0.05, 0) is 55.0 Å². The second-order valence-corrected chi connectivity index (χ2v) is 8.82. The SMILES string of the molecule is COC(=O)c1cc(NC(=O)c2cccc(NS(=O)(=O)c3ccccc3)c2C)cc(C(=O)OC)c1. The van der Waals surface area contributed by atoms with Crippen molar-refractivity contribution in [1.82, 2.24) is 0 Å². The molecule has 0 fully saturated rings. The molecule has 0 aliphatic carbocycles. The van der Waals surface area contributed by atoms with Gasteiger partial charge in [-0.3, -0.25) is 9.52 Å². The summed E-state index contributed by atoms with van der Waals surface area (Å²) in [5, 5.41) is 2.63. The number of hydrogen-bond acceptors (Lipinski definition) is 7. The second kappa shape index (κ2) is 10.2. The quantitative estimate of drug-likeness (QED) is 0.492. The molecule has 0 spiro atoms.